The quantitative estimate of drug-likeness (QED) is 0.611. The largest absolute Gasteiger partial charge is 0.508 e. The zero-order valence-electron chi connectivity index (χ0n) is 14.3. The lowest BCUT2D eigenvalue weighted by Crippen LogP contribution is -1.98. The van der Waals surface area contributed by atoms with Crippen LogP contribution in [0.3, 0.4) is 0 Å². The number of phenols is 4. The number of hydrogen-bond acceptors (Lipinski definition) is 4. The van der Waals surface area contributed by atoms with Gasteiger partial charge >= 0.3 is 0 Å². The van der Waals surface area contributed by atoms with Gasteiger partial charge in [-0.05, 0) is 55.7 Å². The molecule has 2 aromatic carbocycles. The maximum Gasteiger partial charge on any atom is 0.129 e. The third kappa shape index (κ3) is 4.57. The molecule has 0 aromatic heterocycles. The van der Waals surface area contributed by atoms with Gasteiger partial charge in [-0.2, -0.15) is 0 Å². The molecule has 130 valence electrons. The van der Waals surface area contributed by atoms with Gasteiger partial charge in [0.05, 0.1) is 0 Å². The van der Waals surface area contributed by atoms with Gasteiger partial charge in [0.25, 0.3) is 0 Å². The molecule has 0 saturated carbocycles. The fourth-order valence-electron chi connectivity index (χ4n) is 2.79. The fourth-order valence-corrected chi connectivity index (χ4v) is 2.79. The molecular formula is C20H26O4. The Bertz CT molecular complexity index is 675. The van der Waals surface area contributed by atoms with Crippen molar-refractivity contribution in [3.8, 4) is 23.0 Å². The molecular weight excluding hydrogens is 304 g/mol. The van der Waals surface area contributed by atoms with E-state index >= 15 is 0 Å². The number of rotatable bonds is 7. The molecule has 0 heterocycles. The van der Waals surface area contributed by atoms with Crippen LogP contribution in [0.15, 0.2) is 30.3 Å². The first-order chi connectivity index (χ1) is 11.4. The molecule has 0 fully saturated rings. The minimum absolute atomic E-state index is 0.0128. The Morgan fingerprint density at radius 1 is 0.792 bits per heavy atom. The summed E-state index contributed by atoms with van der Waals surface area (Å²) < 4.78 is 0. The average molecular weight is 330 g/mol. The van der Waals surface area contributed by atoms with E-state index in [0.29, 0.717) is 29.9 Å². The van der Waals surface area contributed by atoms with Gasteiger partial charge in [-0.1, -0.05) is 26.0 Å². The summed E-state index contributed by atoms with van der Waals surface area (Å²) in [4.78, 5) is 0. The summed E-state index contributed by atoms with van der Waals surface area (Å²) in [7, 11) is 0. The summed E-state index contributed by atoms with van der Waals surface area (Å²) >= 11 is 0. The summed E-state index contributed by atoms with van der Waals surface area (Å²) in [5.41, 5.74) is 2.09. The summed E-state index contributed by atoms with van der Waals surface area (Å²) in [6.07, 6.45) is 3.49. The molecule has 0 spiro atoms. The van der Waals surface area contributed by atoms with Crippen LogP contribution >= 0.6 is 0 Å². The van der Waals surface area contributed by atoms with E-state index in [1.165, 1.54) is 6.07 Å². The molecule has 0 bridgehead atoms. The van der Waals surface area contributed by atoms with E-state index in [2.05, 4.69) is 13.8 Å². The zero-order chi connectivity index (χ0) is 17.7. The van der Waals surface area contributed by atoms with E-state index < -0.39 is 0 Å². The van der Waals surface area contributed by atoms with Crippen LogP contribution in [0, 0.1) is 5.92 Å². The van der Waals surface area contributed by atoms with Crippen LogP contribution in [0.25, 0.3) is 0 Å². The molecule has 4 heteroatoms. The fraction of sp³-hybridized carbons (Fsp3) is 0.400. The predicted molar refractivity (Wildman–Crippen MR) is 94.7 cm³/mol. The zero-order valence-corrected chi connectivity index (χ0v) is 14.3. The van der Waals surface area contributed by atoms with Crippen LogP contribution < -0.4 is 0 Å². The van der Waals surface area contributed by atoms with Crippen molar-refractivity contribution in [2.24, 2.45) is 5.92 Å². The number of aromatic hydroxyl groups is 4. The number of phenolic OH excluding ortho intramolecular Hbond substituents is 4. The Hall–Kier alpha value is -2.36. The molecule has 4 nitrogen and oxygen atoms in total. The van der Waals surface area contributed by atoms with Crippen molar-refractivity contribution in [2.45, 2.75) is 46.0 Å². The Morgan fingerprint density at radius 2 is 1.38 bits per heavy atom. The number of hydrogen-bond donors (Lipinski definition) is 4. The summed E-state index contributed by atoms with van der Waals surface area (Å²) in [5.74, 6) is 0.605. The van der Waals surface area contributed by atoms with Crippen molar-refractivity contribution in [3.63, 3.8) is 0 Å². The van der Waals surface area contributed by atoms with E-state index in [1.54, 1.807) is 12.1 Å². The van der Waals surface area contributed by atoms with Gasteiger partial charge in [-0.25, -0.2) is 0 Å². The molecule has 0 saturated heterocycles. The standard InChI is InChI=1S/C20H26O4/c1-13(2)6-11-17-19(23)12-18(22)16(20(17)24)5-3-4-14-7-9-15(21)10-8-14/h7-10,12-13,21-24H,3-6,11H2,1-2H3. The van der Waals surface area contributed by atoms with E-state index in [-0.39, 0.29) is 23.0 Å². The first-order valence-corrected chi connectivity index (χ1v) is 8.42. The van der Waals surface area contributed by atoms with Gasteiger partial charge in [0.15, 0.2) is 0 Å². The summed E-state index contributed by atoms with van der Waals surface area (Å²) in [6, 6.07) is 8.34. The molecule has 4 N–H and O–H groups in total. The SMILES string of the molecule is CC(C)CCc1c(O)cc(O)c(CCCc2ccc(O)cc2)c1O. The Morgan fingerprint density at radius 3 is 1.96 bits per heavy atom. The average Bonchev–Trinajstić information content (AvgIpc) is 2.51. The van der Waals surface area contributed by atoms with Gasteiger partial charge in [0.2, 0.25) is 0 Å². The molecule has 0 aliphatic heterocycles. The molecule has 2 rings (SSSR count). The van der Waals surface area contributed by atoms with Crippen molar-refractivity contribution >= 4 is 0 Å². The van der Waals surface area contributed by atoms with Crippen molar-refractivity contribution in [3.05, 3.63) is 47.0 Å². The van der Waals surface area contributed by atoms with E-state index in [0.717, 1.165) is 24.8 Å². The molecule has 0 atom stereocenters. The van der Waals surface area contributed by atoms with Crippen LogP contribution in [0.5, 0.6) is 23.0 Å². The van der Waals surface area contributed by atoms with Crippen LogP contribution in [-0.4, -0.2) is 20.4 Å². The minimum atomic E-state index is -0.0657. The van der Waals surface area contributed by atoms with Crippen LogP contribution in [0.2, 0.25) is 0 Å². The molecule has 0 amide bonds. The molecule has 0 unspecified atom stereocenters. The van der Waals surface area contributed by atoms with Gasteiger partial charge < -0.3 is 20.4 Å². The van der Waals surface area contributed by atoms with Crippen molar-refractivity contribution < 1.29 is 20.4 Å². The van der Waals surface area contributed by atoms with E-state index in [9.17, 15) is 20.4 Å². The van der Waals surface area contributed by atoms with Gasteiger partial charge in [-0.15, -0.1) is 0 Å². The lowest BCUT2D eigenvalue weighted by molar-refractivity contribution is 0.406. The highest BCUT2D eigenvalue weighted by atomic mass is 16.3. The molecule has 0 aliphatic rings. The maximum absolute atomic E-state index is 10.4. The van der Waals surface area contributed by atoms with Crippen LogP contribution in [0.1, 0.15) is 43.4 Å². The highest BCUT2D eigenvalue weighted by molar-refractivity contribution is 5.55. The number of aryl methyl sites for hydroxylation is 1. The second kappa shape index (κ2) is 7.95. The van der Waals surface area contributed by atoms with Crippen molar-refractivity contribution in [1.29, 1.82) is 0 Å². The molecule has 0 radical (unpaired) electrons. The highest BCUT2D eigenvalue weighted by Crippen LogP contribution is 2.39. The van der Waals surface area contributed by atoms with Gasteiger partial charge in [-0.3, -0.25) is 0 Å². The second-order valence-corrected chi connectivity index (χ2v) is 6.67. The molecule has 24 heavy (non-hydrogen) atoms. The maximum atomic E-state index is 10.4. The minimum Gasteiger partial charge on any atom is -0.508 e. The van der Waals surface area contributed by atoms with E-state index in [4.69, 9.17) is 0 Å². The van der Waals surface area contributed by atoms with Crippen LogP contribution in [0.4, 0.5) is 0 Å². The first kappa shape index (κ1) is 18.0. The second-order valence-electron chi connectivity index (χ2n) is 6.67. The first-order valence-electron chi connectivity index (χ1n) is 8.42. The molecule has 2 aromatic rings. The third-order valence-corrected chi connectivity index (χ3v) is 4.26. The third-order valence-electron chi connectivity index (χ3n) is 4.26. The topological polar surface area (TPSA) is 80.9 Å². The summed E-state index contributed by atoms with van der Waals surface area (Å²) in [6.45, 7) is 4.18. The smallest absolute Gasteiger partial charge is 0.129 e. The molecule has 0 aliphatic carbocycles. The van der Waals surface area contributed by atoms with Crippen molar-refractivity contribution in [2.75, 3.05) is 0 Å². The highest BCUT2D eigenvalue weighted by Gasteiger charge is 2.17. The predicted octanol–water partition coefficient (Wildman–Crippen LogP) is 4.27. The van der Waals surface area contributed by atoms with Gasteiger partial charge in [0, 0.05) is 17.2 Å². The number of benzene rings is 2. The normalized spacial score (nSPS) is 11.1. The Labute approximate surface area is 143 Å². The van der Waals surface area contributed by atoms with Crippen molar-refractivity contribution in [1.82, 2.24) is 0 Å². The summed E-state index contributed by atoms with van der Waals surface area (Å²) in [5, 5.41) is 39.8. The lowest BCUT2D eigenvalue weighted by Gasteiger charge is -2.14. The Kier molecular flexibility index (Phi) is 5.96. The monoisotopic (exact) mass is 330 g/mol. The Balaban J connectivity index is 2.08. The van der Waals surface area contributed by atoms with Gasteiger partial charge in [0.1, 0.15) is 23.0 Å². The van der Waals surface area contributed by atoms with Crippen LogP contribution in [-0.2, 0) is 19.3 Å². The van der Waals surface area contributed by atoms with E-state index in [1.807, 2.05) is 12.1 Å². The lowest BCUT2D eigenvalue weighted by atomic mass is 9.95.